The summed E-state index contributed by atoms with van der Waals surface area (Å²) in [5.41, 5.74) is 6.71. The Morgan fingerprint density at radius 3 is 2.69 bits per heavy atom. The highest BCUT2D eigenvalue weighted by Gasteiger charge is 2.17. The number of aromatic nitrogens is 1. The fourth-order valence-corrected chi connectivity index (χ4v) is 3.00. The molecule has 0 amide bonds. The number of benzene rings is 1. The molecular weight excluding hydrogens is 238 g/mol. The molecule has 0 spiro atoms. The van der Waals surface area contributed by atoms with Gasteiger partial charge in [0.05, 0.1) is 10.2 Å². The minimum atomic E-state index is 0.220. The zero-order chi connectivity index (χ0) is 11.7. The molecule has 2 N–H and O–H groups in total. The zero-order valence-electron chi connectivity index (χ0n) is 9.18. The molecule has 0 aliphatic heterocycles. The molecule has 0 atom stereocenters. The average molecular weight is 251 g/mol. The predicted molar refractivity (Wildman–Crippen MR) is 74.0 cm³/mol. The van der Waals surface area contributed by atoms with Gasteiger partial charge in [-0.25, -0.2) is 4.98 Å². The summed E-state index contributed by atoms with van der Waals surface area (Å²) in [6.07, 6.45) is 0. The first-order valence-electron chi connectivity index (χ1n) is 5.04. The quantitative estimate of drug-likeness (QED) is 0.833. The van der Waals surface area contributed by atoms with E-state index in [4.69, 9.17) is 18.0 Å². The zero-order valence-corrected chi connectivity index (χ0v) is 10.8. The summed E-state index contributed by atoms with van der Waals surface area (Å²) in [7, 11) is 0. The van der Waals surface area contributed by atoms with Gasteiger partial charge in [-0.1, -0.05) is 23.5 Å². The molecule has 0 aliphatic carbocycles. The number of thiocarbonyl (C=S) groups is 1. The Balaban J connectivity index is 2.49. The normalized spacial score (nSPS) is 10.9. The number of para-hydroxylation sites is 1. The molecule has 1 aromatic carbocycles. The van der Waals surface area contributed by atoms with E-state index in [0.29, 0.717) is 5.11 Å². The van der Waals surface area contributed by atoms with E-state index in [2.05, 4.69) is 11.1 Å². The number of nitrogens with two attached hydrogens (primary N) is 1. The SMILES string of the molecule is CC(C)N(C(N)=S)c1nc2ccccc2s1. The van der Waals surface area contributed by atoms with Gasteiger partial charge in [-0.05, 0) is 38.2 Å². The lowest BCUT2D eigenvalue weighted by Crippen LogP contribution is -2.40. The largest absolute Gasteiger partial charge is 0.376 e. The summed E-state index contributed by atoms with van der Waals surface area (Å²) in [5, 5.41) is 1.23. The highest BCUT2D eigenvalue weighted by atomic mass is 32.1. The maximum Gasteiger partial charge on any atom is 0.192 e. The number of nitrogens with zero attached hydrogens (tertiary/aromatic N) is 2. The molecule has 0 fully saturated rings. The van der Waals surface area contributed by atoms with Crippen molar-refractivity contribution in [3.8, 4) is 0 Å². The van der Waals surface area contributed by atoms with E-state index in [1.807, 2.05) is 36.9 Å². The first-order valence-corrected chi connectivity index (χ1v) is 6.26. The van der Waals surface area contributed by atoms with Gasteiger partial charge in [-0.2, -0.15) is 0 Å². The van der Waals surface area contributed by atoms with E-state index >= 15 is 0 Å². The van der Waals surface area contributed by atoms with E-state index in [-0.39, 0.29) is 6.04 Å². The second-order valence-corrected chi connectivity index (χ2v) is 5.19. The second kappa shape index (κ2) is 4.35. The number of anilines is 1. The van der Waals surface area contributed by atoms with E-state index < -0.39 is 0 Å². The summed E-state index contributed by atoms with van der Waals surface area (Å²) in [4.78, 5) is 6.41. The van der Waals surface area contributed by atoms with E-state index in [1.165, 1.54) is 0 Å². The van der Waals surface area contributed by atoms with Crippen LogP contribution in [0.5, 0.6) is 0 Å². The standard InChI is InChI=1S/C11H13N3S2/c1-7(2)14(10(12)15)11-13-8-5-3-4-6-9(8)16-11/h3-7H,1-2H3,(H2,12,15). The van der Waals surface area contributed by atoms with Crippen molar-refractivity contribution in [2.24, 2.45) is 5.73 Å². The van der Waals surface area contributed by atoms with Crippen molar-refractivity contribution in [2.75, 3.05) is 4.90 Å². The topological polar surface area (TPSA) is 42.1 Å². The number of thiazole rings is 1. The van der Waals surface area contributed by atoms with Crippen molar-refractivity contribution in [1.82, 2.24) is 4.98 Å². The van der Waals surface area contributed by atoms with Crippen LogP contribution in [0.2, 0.25) is 0 Å². The van der Waals surface area contributed by atoms with Crippen LogP contribution in [0.3, 0.4) is 0 Å². The molecule has 2 aromatic rings. The minimum absolute atomic E-state index is 0.220. The Morgan fingerprint density at radius 1 is 1.44 bits per heavy atom. The number of rotatable bonds is 2. The van der Waals surface area contributed by atoms with Gasteiger partial charge in [0.2, 0.25) is 0 Å². The van der Waals surface area contributed by atoms with Gasteiger partial charge in [0.25, 0.3) is 0 Å². The molecule has 0 unspecified atom stereocenters. The Bertz CT molecular complexity index is 486. The molecular formula is C11H13N3S2. The van der Waals surface area contributed by atoms with Crippen molar-refractivity contribution in [2.45, 2.75) is 19.9 Å². The summed E-state index contributed by atoms with van der Waals surface area (Å²) < 4.78 is 1.15. The molecule has 2 rings (SSSR count). The molecule has 0 radical (unpaired) electrons. The number of fused-ring (bicyclic) bond motifs is 1. The summed E-state index contributed by atoms with van der Waals surface area (Å²) in [5.74, 6) is 0. The molecule has 0 saturated heterocycles. The number of hydrogen-bond acceptors (Lipinski definition) is 3. The van der Waals surface area contributed by atoms with E-state index in [1.54, 1.807) is 11.3 Å². The van der Waals surface area contributed by atoms with Crippen LogP contribution in [0, 0.1) is 0 Å². The van der Waals surface area contributed by atoms with Crippen LogP contribution in [0.25, 0.3) is 10.2 Å². The maximum atomic E-state index is 5.72. The summed E-state index contributed by atoms with van der Waals surface area (Å²) in [6, 6.07) is 8.25. The van der Waals surface area contributed by atoms with Gasteiger partial charge in [0.1, 0.15) is 0 Å². The average Bonchev–Trinajstić information content (AvgIpc) is 2.58. The smallest absolute Gasteiger partial charge is 0.192 e. The highest BCUT2D eigenvalue weighted by molar-refractivity contribution is 7.80. The third kappa shape index (κ3) is 2.01. The van der Waals surface area contributed by atoms with Gasteiger partial charge in [0.15, 0.2) is 10.2 Å². The summed E-state index contributed by atoms with van der Waals surface area (Å²) in [6.45, 7) is 4.09. The molecule has 1 aromatic heterocycles. The summed E-state index contributed by atoms with van der Waals surface area (Å²) >= 11 is 6.66. The maximum absolute atomic E-state index is 5.72. The Labute approximate surface area is 104 Å². The molecule has 5 heteroatoms. The molecule has 0 aliphatic rings. The van der Waals surface area contributed by atoms with Gasteiger partial charge >= 0.3 is 0 Å². The van der Waals surface area contributed by atoms with Gasteiger partial charge < -0.3 is 5.73 Å². The minimum Gasteiger partial charge on any atom is -0.376 e. The van der Waals surface area contributed by atoms with Crippen LogP contribution in [-0.2, 0) is 0 Å². The lowest BCUT2D eigenvalue weighted by molar-refractivity contribution is 0.806. The first-order chi connectivity index (χ1) is 7.59. The fraction of sp³-hybridized carbons (Fsp3) is 0.273. The Morgan fingerprint density at radius 2 is 2.12 bits per heavy atom. The van der Waals surface area contributed by atoms with Crippen molar-refractivity contribution in [1.29, 1.82) is 0 Å². The molecule has 16 heavy (non-hydrogen) atoms. The lowest BCUT2D eigenvalue weighted by Gasteiger charge is -2.23. The van der Waals surface area contributed by atoms with E-state index in [0.717, 1.165) is 15.3 Å². The van der Waals surface area contributed by atoms with Crippen LogP contribution < -0.4 is 10.6 Å². The third-order valence-electron chi connectivity index (χ3n) is 2.24. The van der Waals surface area contributed by atoms with Gasteiger partial charge in [-0.15, -0.1) is 0 Å². The van der Waals surface area contributed by atoms with Crippen molar-refractivity contribution < 1.29 is 0 Å². The second-order valence-electron chi connectivity index (χ2n) is 3.77. The molecule has 0 bridgehead atoms. The van der Waals surface area contributed by atoms with Crippen molar-refractivity contribution in [3.63, 3.8) is 0 Å². The third-order valence-corrected chi connectivity index (χ3v) is 3.47. The first kappa shape index (κ1) is 11.3. The van der Waals surface area contributed by atoms with Crippen LogP contribution in [0.15, 0.2) is 24.3 Å². The Kier molecular flexibility index (Phi) is 3.07. The van der Waals surface area contributed by atoms with Crippen LogP contribution >= 0.6 is 23.6 Å². The Hall–Kier alpha value is -1.20. The number of hydrogen-bond donors (Lipinski definition) is 1. The van der Waals surface area contributed by atoms with Gasteiger partial charge in [0, 0.05) is 6.04 Å². The highest BCUT2D eigenvalue weighted by Crippen LogP contribution is 2.29. The molecule has 3 nitrogen and oxygen atoms in total. The van der Waals surface area contributed by atoms with Gasteiger partial charge in [-0.3, -0.25) is 4.90 Å². The predicted octanol–water partition coefficient (Wildman–Crippen LogP) is 2.75. The molecule has 1 heterocycles. The van der Waals surface area contributed by atoms with Crippen molar-refractivity contribution in [3.05, 3.63) is 24.3 Å². The molecule has 84 valence electrons. The van der Waals surface area contributed by atoms with Crippen LogP contribution in [-0.4, -0.2) is 16.1 Å². The van der Waals surface area contributed by atoms with E-state index in [9.17, 15) is 0 Å². The fourth-order valence-electron chi connectivity index (χ4n) is 1.53. The monoisotopic (exact) mass is 251 g/mol. The van der Waals surface area contributed by atoms with Crippen LogP contribution in [0.1, 0.15) is 13.8 Å². The molecule has 0 saturated carbocycles. The van der Waals surface area contributed by atoms with Crippen molar-refractivity contribution >= 4 is 44.0 Å². The lowest BCUT2D eigenvalue weighted by atomic mass is 10.3. The van der Waals surface area contributed by atoms with Crippen LogP contribution in [0.4, 0.5) is 5.13 Å².